The maximum absolute atomic E-state index is 13.1. The Hall–Kier alpha value is -3.71. The first-order valence-corrected chi connectivity index (χ1v) is 12.2. The van der Waals surface area contributed by atoms with Crippen LogP contribution in [0.4, 0.5) is 11.4 Å². The van der Waals surface area contributed by atoms with Crippen molar-refractivity contribution in [3.05, 3.63) is 89.6 Å². The molecular formula is C27H26N4O2S. The van der Waals surface area contributed by atoms with Gasteiger partial charge >= 0.3 is 0 Å². The number of carbonyl (C=O) groups is 2. The lowest BCUT2D eigenvalue weighted by molar-refractivity contribution is 0.0726. The molecule has 4 aromatic rings. The highest BCUT2D eigenvalue weighted by molar-refractivity contribution is 7.13. The number of aryl methyl sites for hydroxylation is 1. The number of hydrogen-bond donors (Lipinski definition) is 1. The van der Waals surface area contributed by atoms with Gasteiger partial charge in [0, 0.05) is 48.0 Å². The van der Waals surface area contributed by atoms with Gasteiger partial charge in [0.05, 0.1) is 4.70 Å². The molecule has 1 aliphatic rings. The fourth-order valence-corrected chi connectivity index (χ4v) is 5.22. The molecule has 2 heterocycles. The summed E-state index contributed by atoms with van der Waals surface area (Å²) in [4.78, 5) is 30.1. The van der Waals surface area contributed by atoms with E-state index >= 15 is 0 Å². The van der Waals surface area contributed by atoms with E-state index in [2.05, 4.69) is 52.7 Å². The predicted octanol–water partition coefficient (Wildman–Crippen LogP) is 5.21. The molecular weight excluding hydrogens is 444 g/mol. The summed E-state index contributed by atoms with van der Waals surface area (Å²) in [5, 5.41) is 3.73. The molecule has 1 saturated heterocycles. The van der Waals surface area contributed by atoms with E-state index in [4.69, 9.17) is 0 Å². The molecule has 172 valence electrons. The zero-order chi connectivity index (χ0) is 23.7. The molecule has 0 unspecified atom stereocenters. The smallest absolute Gasteiger partial charge is 0.276 e. The summed E-state index contributed by atoms with van der Waals surface area (Å²) in [6, 6.07) is 23.5. The summed E-state index contributed by atoms with van der Waals surface area (Å²) < 4.78 is 5.28. The molecule has 2 amide bonds. The highest BCUT2D eigenvalue weighted by Crippen LogP contribution is 2.24. The van der Waals surface area contributed by atoms with Gasteiger partial charge in [0.25, 0.3) is 11.8 Å². The second-order valence-electron chi connectivity index (χ2n) is 8.69. The standard InChI is InChI=1S/C27H26N4O2S/c1-18-6-5-7-22(16-18)31-15-14-30(17-19(31)2)27(33)20-10-12-21(13-11-20)28-26(32)25-23-8-3-4-9-24(23)34-29-25/h3-13,16,19H,14-15,17H2,1-2H3,(H,28,32)/t19-/m1/s1. The second-order valence-corrected chi connectivity index (χ2v) is 9.50. The molecule has 7 heteroatoms. The Bertz CT molecular complexity index is 1350. The Kier molecular flexibility index (Phi) is 6.02. The highest BCUT2D eigenvalue weighted by atomic mass is 32.1. The molecule has 1 aliphatic heterocycles. The number of rotatable bonds is 4. The molecule has 1 N–H and O–H groups in total. The molecule has 0 saturated carbocycles. The Morgan fingerprint density at radius 2 is 1.79 bits per heavy atom. The van der Waals surface area contributed by atoms with E-state index in [0.717, 1.165) is 16.6 Å². The SMILES string of the molecule is Cc1cccc(N2CCN(C(=O)c3ccc(NC(=O)c4nsc5ccccc45)cc3)C[C@H]2C)c1. The van der Waals surface area contributed by atoms with Gasteiger partial charge in [-0.3, -0.25) is 9.59 Å². The van der Waals surface area contributed by atoms with Crippen LogP contribution in [-0.2, 0) is 0 Å². The van der Waals surface area contributed by atoms with E-state index in [-0.39, 0.29) is 17.9 Å². The minimum Gasteiger partial charge on any atom is -0.365 e. The number of aromatic nitrogens is 1. The molecule has 1 fully saturated rings. The summed E-state index contributed by atoms with van der Waals surface area (Å²) in [6.07, 6.45) is 0. The van der Waals surface area contributed by atoms with Crippen LogP contribution in [0, 0.1) is 6.92 Å². The number of amides is 2. The number of benzene rings is 3. The van der Waals surface area contributed by atoms with Gasteiger partial charge in [-0.15, -0.1) is 0 Å². The lowest BCUT2D eigenvalue weighted by atomic mass is 10.1. The van der Waals surface area contributed by atoms with Gasteiger partial charge in [0.1, 0.15) is 5.69 Å². The molecule has 5 rings (SSSR count). The Morgan fingerprint density at radius 3 is 2.56 bits per heavy atom. The van der Waals surface area contributed by atoms with Crippen LogP contribution < -0.4 is 10.2 Å². The third-order valence-corrected chi connectivity index (χ3v) is 7.06. The van der Waals surface area contributed by atoms with Crippen LogP contribution in [0.15, 0.2) is 72.8 Å². The van der Waals surface area contributed by atoms with Crippen LogP contribution in [0.3, 0.4) is 0 Å². The van der Waals surface area contributed by atoms with Crippen LogP contribution in [-0.4, -0.2) is 46.8 Å². The Labute approximate surface area is 203 Å². The van der Waals surface area contributed by atoms with Crippen molar-refractivity contribution in [2.75, 3.05) is 29.9 Å². The number of hydrogen-bond acceptors (Lipinski definition) is 5. The molecule has 0 radical (unpaired) electrons. The molecule has 1 atom stereocenters. The van der Waals surface area contributed by atoms with Crippen molar-refractivity contribution in [2.45, 2.75) is 19.9 Å². The van der Waals surface area contributed by atoms with Gasteiger partial charge in [-0.1, -0.05) is 30.3 Å². The van der Waals surface area contributed by atoms with Crippen molar-refractivity contribution in [3.8, 4) is 0 Å². The van der Waals surface area contributed by atoms with E-state index in [1.165, 1.54) is 22.8 Å². The number of nitrogens with zero attached hydrogens (tertiary/aromatic N) is 3. The van der Waals surface area contributed by atoms with E-state index in [9.17, 15) is 9.59 Å². The van der Waals surface area contributed by atoms with Gasteiger partial charge in [-0.25, -0.2) is 0 Å². The molecule has 3 aromatic carbocycles. The van der Waals surface area contributed by atoms with E-state index in [0.29, 0.717) is 30.0 Å². The quantitative estimate of drug-likeness (QED) is 0.445. The van der Waals surface area contributed by atoms with Gasteiger partial charge in [-0.2, -0.15) is 4.37 Å². The van der Waals surface area contributed by atoms with Crippen LogP contribution in [0.1, 0.15) is 33.3 Å². The summed E-state index contributed by atoms with van der Waals surface area (Å²) in [6.45, 7) is 6.39. The molecule has 1 aromatic heterocycles. The summed E-state index contributed by atoms with van der Waals surface area (Å²) >= 11 is 1.31. The highest BCUT2D eigenvalue weighted by Gasteiger charge is 2.27. The second kappa shape index (κ2) is 9.27. The van der Waals surface area contributed by atoms with Crippen molar-refractivity contribution >= 4 is 44.8 Å². The normalized spacial score (nSPS) is 16.0. The van der Waals surface area contributed by atoms with Crippen LogP contribution in [0.2, 0.25) is 0 Å². The van der Waals surface area contributed by atoms with Crippen LogP contribution in [0.25, 0.3) is 10.1 Å². The topological polar surface area (TPSA) is 65.5 Å². The average molecular weight is 471 g/mol. The number of anilines is 2. The molecule has 0 aliphatic carbocycles. The van der Waals surface area contributed by atoms with Gasteiger partial charge < -0.3 is 15.1 Å². The average Bonchev–Trinajstić information content (AvgIpc) is 3.28. The fourth-order valence-electron chi connectivity index (χ4n) is 4.45. The maximum Gasteiger partial charge on any atom is 0.276 e. The van der Waals surface area contributed by atoms with E-state index in [1.54, 1.807) is 24.3 Å². The first-order valence-electron chi connectivity index (χ1n) is 11.4. The minimum absolute atomic E-state index is 0.0131. The first kappa shape index (κ1) is 22.1. The van der Waals surface area contributed by atoms with Gasteiger partial charge in [0.15, 0.2) is 0 Å². The maximum atomic E-state index is 13.1. The predicted molar refractivity (Wildman–Crippen MR) is 138 cm³/mol. The largest absolute Gasteiger partial charge is 0.365 e. The molecule has 0 spiro atoms. The van der Waals surface area contributed by atoms with E-state index in [1.807, 2.05) is 29.2 Å². The summed E-state index contributed by atoms with van der Waals surface area (Å²) in [5.74, 6) is -0.239. The lowest BCUT2D eigenvalue weighted by Gasteiger charge is -2.41. The van der Waals surface area contributed by atoms with Crippen molar-refractivity contribution in [1.29, 1.82) is 0 Å². The fraction of sp³-hybridized carbons (Fsp3) is 0.222. The van der Waals surface area contributed by atoms with Gasteiger partial charge in [-0.05, 0) is 73.4 Å². The van der Waals surface area contributed by atoms with Crippen molar-refractivity contribution in [1.82, 2.24) is 9.27 Å². The first-order chi connectivity index (χ1) is 16.5. The number of nitrogens with one attached hydrogen (secondary N) is 1. The zero-order valence-electron chi connectivity index (χ0n) is 19.2. The van der Waals surface area contributed by atoms with Crippen LogP contribution in [0.5, 0.6) is 0 Å². The third-order valence-electron chi connectivity index (χ3n) is 6.23. The van der Waals surface area contributed by atoms with Crippen molar-refractivity contribution in [2.24, 2.45) is 0 Å². The van der Waals surface area contributed by atoms with Gasteiger partial charge in [0.2, 0.25) is 0 Å². The van der Waals surface area contributed by atoms with Crippen LogP contribution >= 0.6 is 11.5 Å². The molecule has 6 nitrogen and oxygen atoms in total. The number of carbonyl (C=O) groups excluding carboxylic acids is 2. The van der Waals surface area contributed by atoms with Crippen molar-refractivity contribution in [3.63, 3.8) is 0 Å². The zero-order valence-corrected chi connectivity index (χ0v) is 20.0. The number of fused-ring (bicyclic) bond motifs is 1. The molecule has 0 bridgehead atoms. The molecule has 34 heavy (non-hydrogen) atoms. The lowest BCUT2D eigenvalue weighted by Crippen LogP contribution is -2.53. The monoisotopic (exact) mass is 470 g/mol. The minimum atomic E-state index is -0.252. The Balaban J connectivity index is 1.23. The third kappa shape index (κ3) is 4.39. The summed E-state index contributed by atoms with van der Waals surface area (Å²) in [5.41, 5.74) is 4.11. The Morgan fingerprint density at radius 1 is 1.00 bits per heavy atom. The summed E-state index contributed by atoms with van der Waals surface area (Å²) in [7, 11) is 0. The van der Waals surface area contributed by atoms with E-state index < -0.39 is 0 Å². The number of piperazine rings is 1. The van der Waals surface area contributed by atoms with Crippen molar-refractivity contribution < 1.29 is 9.59 Å².